The molecule has 4 rings (SSSR count). The standard InChI is InChI=1S/C24H31ClN2O2.ClH/c1-19-9-10-22(17-23(19)25)27-14-13-26(18-20(27)2)12-6-11-24(28-15-16-29-24)21-7-4-3-5-8-21;/h3-5,7-10,17,20H,6,11-16,18H2,1-2H3;1H. The summed E-state index contributed by atoms with van der Waals surface area (Å²) in [6.45, 7) is 9.91. The van der Waals surface area contributed by atoms with Gasteiger partial charge in [-0.3, -0.25) is 4.90 Å². The van der Waals surface area contributed by atoms with Crippen LogP contribution in [0.4, 0.5) is 5.69 Å². The molecule has 2 aliphatic rings. The lowest BCUT2D eigenvalue weighted by atomic mass is 10.00. The fourth-order valence-corrected chi connectivity index (χ4v) is 4.69. The number of hydrogen-bond donors (Lipinski definition) is 0. The zero-order valence-corrected chi connectivity index (χ0v) is 19.4. The molecule has 30 heavy (non-hydrogen) atoms. The Balaban J connectivity index is 0.00000256. The van der Waals surface area contributed by atoms with E-state index in [1.807, 2.05) is 13.0 Å². The van der Waals surface area contributed by atoms with Crippen molar-refractivity contribution in [3.05, 3.63) is 64.7 Å². The van der Waals surface area contributed by atoms with E-state index in [1.54, 1.807) is 0 Å². The molecule has 0 aliphatic carbocycles. The van der Waals surface area contributed by atoms with Gasteiger partial charge in [0.05, 0.1) is 13.2 Å². The number of rotatable bonds is 6. The van der Waals surface area contributed by atoms with Gasteiger partial charge >= 0.3 is 0 Å². The van der Waals surface area contributed by atoms with Crippen molar-refractivity contribution in [3.8, 4) is 0 Å². The molecule has 0 aromatic heterocycles. The minimum atomic E-state index is -0.562. The van der Waals surface area contributed by atoms with Crippen molar-refractivity contribution in [2.75, 3.05) is 44.3 Å². The summed E-state index contributed by atoms with van der Waals surface area (Å²) in [5.74, 6) is -0.562. The molecule has 1 unspecified atom stereocenters. The second-order valence-electron chi connectivity index (χ2n) is 8.20. The Labute approximate surface area is 191 Å². The van der Waals surface area contributed by atoms with Gasteiger partial charge in [0.15, 0.2) is 5.79 Å². The Morgan fingerprint density at radius 1 is 1.07 bits per heavy atom. The van der Waals surface area contributed by atoms with Gasteiger partial charge in [-0.15, -0.1) is 12.4 Å². The van der Waals surface area contributed by atoms with Crippen LogP contribution in [0.5, 0.6) is 0 Å². The first-order valence-corrected chi connectivity index (χ1v) is 11.0. The van der Waals surface area contributed by atoms with Gasteiger partial charge in [-0.1, -0.05) is 48.0 Å². The summed E-state index contributed by atoms with van der Waals surface area (Å²) in [6, 6.07) is 17.2. The molecular formula is C24H32Cl2N2O2. The molecule has 0 amide bonds. The number of nitrogens with zero attached hydrogens (tertiary/aromatic N) is 2. The number of ether oxygens (including phenoxy) is 2. The quantitative estimate of drug-likeness (QED) is 0.598. The molecule has 2 heterocycles. The highest BCUT2D eigenvalue weighted by atomic mass is 35.5. The van der Waals surface area contributed by atoms with Gasteiger partial charge in [0, 0.05) is 48.4 Å². The van der Waals surface area contributed by atoms with Crippen LogP contribution in [-0.2, 0) is 15.3 Å². The Bertz CT molecular complexity index is 812. The van der Waals surface area contributed by atoms with Gasteiger partial charge in [-0.2, -0.15) is 0 Å². The highest BCUT2D eigenvalue weighted by Gasteiger charge is 2.38. The van der Waals surface area contributed by atoms with Crippen LogP contribution >= 0.6 is 24.0 Å². The van der Waals surface area contributed by atoms with E-state index in [1.165, 1.54) is 5.69 Å². The minimum Gasteiger partial charge on any atom is -0.366 e. The fraction of sp³-hybridized carbons (Fsp3) is 0.500. The first-order chi connectivity index (χ1) is 14.1. The molecule has 0 saturated carbocycles. The predicted molar refractivity (Wildman–Crippen MR) is 126 cm³/mol. The zero-order chi connectivity index (χ0) is 20.3. The van der Waals surface area contributed by atoms with Crippen molar-refractivity contribution in [2.45, 2.75) is 38.5 Å². The van der Waals surface area contributed by atoms with Crippen molar-refractivity contribution in [1.82, 2.24) is 4.90 Å². The molecule has 0 radical (unpaired) electrons. The second-order valence-corrected chi connectivity index (χ2v) is 8.60. The lowest BCUT2D eigenvalue weighted by molar-refractivity contribution is -0.172. The average molecular weight is 451 g/mol. The number of halogens is 2. The molecule has 0 N–H and O–H groups in total. The third-order valence-corrected chi connectivity index (χ3v) is 6.55. The molecule has 2 saturated heterocycles. The Kier molecular flexibility index (Phi) is 8.05. The topological polar surface area (TPSA) is 24.9 Å². The summed E-state index contributed by atoms with van der Waals surface area (Å²) in [7, 11) is 0. The maximum atomic E-state index is 6.34. The van der Waals surface area contributed by atoms with E-state index < -0.39 is 5.79 Å². The summed E-state index contributed by atoms with van der Waals surface area (Å²) >= 11 is 6.34. The first-order valence-electron chi connectivity index (χ1n) is 10.7. The molecule has 6 heteroatoms. The molecule has 164 valence electrons. The van der Waals surface area contributed by atoms with Crippen LogP contribution in [-0.4, -0.2) is 50.3 Å². The first kappa shape index (κ1) is 23.4. The van der Waals surface area contributed by atoms with Gasteiger partial charge in [-0.05, 0) is 44.5 Å². The third-order valence-electron chi connectivity index (χ3n) is 6.15. The molecule has 0 spiro atoms. The van der Waals surface area contributed by atoms with Gasteiger partial charge < -0.3 is 14.4 Å². The van der Waals surface area contributed by atoms with Crippen LogP contribution in [0, 0.1) is 6.92 Å². The van der Waals surface area contributed by atoms with Gasteiger partial charge in [0.2, 0.25) is 0 Å². The van der Waals surface area contributed by atoms with Crippen molar-refractivity contribution in [3.63, 3.8) is 0 Å². The van der Waals surface area contributed by atoms with Crippen LogP contribution in [0.3, 0.4) is 0 Å². The van der Waals surface area contributed by atoms with Crippen molar-refractivity contribution < 1.29 is 9.47 Å². The average Bonchev–Trinajstić information content (AvgIpc) is 3.21. The van der Waals surface area contributed by atoms with E-state index in [2.05, 4.69) is 59.2 Å². The molecule has 2 fully saturated rings. The highest BCUT2D eigenvalue weighted by Crippen LogP contribution is 2.36. The summed E-state index contributed by atoms with van der Waals surface area (Å²) in [5.41, 5.74) is 3.49. The van der Waals surface area contributed by atoms with Crippen LogP contribution in [0.15, 0.2) is 48.5 Å². The van der Waals surface area contributed by atoms with Crippen LogP contribution < -0.4 is 4.90 Å². The van der Waals surface area contributed by atoms with Gasteiger partial charge in [0.1, 0.15) is 0 Å². The fourth-order valence-electron chi connectivity index (χ4n) is 4.52. The van der Waals surface area contributed by atoms with E-state index in [-0.39, 0.29) is 12.4 Å². The van der Waals surface area contributed by atoms with E-state index in [9.17, 15) is 0 Å². The number of hydrogen-bond acceptors (Lipinski definition) is 4. The summed E-state index contributed by atoms with van der Waals surface area (Å²) < 4.78 is 12.1. The van der Waals surface area contributed by atoms with E-state index >= 15 is 0 Å². The van der Waals surface area contributed by atoms with Crippen molar-refractivity contribution >= 4 is 29.7 Å². The van der Waals surface area contributed by atoms with E-state index in [4.69, 9.17) is 21.1 Å². The molecule has 2 aromatic rings. The number of benzene rings is 2. The lowest BCUT2D eigenvalue weighted by Gasteiger charge is -2.41. The molecule has 2 aliphatic heterocycles. The largest absolute Gasteiger partial charge is 0.366 e. The molecule has 2 aromatic carbocycles. The predicted octanol–water partition coefficient (Wildman–Crippen LogP) is 5.26. The highest BCUT2D eigenvalue weighted by molar-refractivity contribution is 6.31. The number of aryl methyl sites for hydroxylation is 1. The van der Waals surface area contributed by atoms with Gasteiger partial charge in [-0.25, -0.2) is 0 Å². The summed E-state index contributed by atoms with van der Waals surface area (Å²) in [4.78, 5) is 5.03. The zero-order valence-electron chi connectivity index (χ0n) is 17.9. The summed E-state index contributed by atoms with van der Waals surface area (Å²) in [6.07, 6.45) is 1.94. The van der Waals surface area contributed by atoms with Crippen LogP contribution in [0.25, 0.3) is 0 Å². The normalized spacial score (nSPS) is 21.4. The molecule has 1 atom stereocenters. The molecule has 4 nitrogen and oxygen atoms in total. The Hall–Kier alpha value is -1.30. The summed E-state index contributed by atoms with van der Waals surface area (Å²) in [5, 5.41) is 0.847. The van der Waals surface area contributed by atoms with Crippen LogP contribution in [0.1, 0.15) is 30.9 Å². The number of anilines is 1. The minimum absolute atomic E-state index is 0. The Morgan fingerprint density at radius 2 is 1.80 bits per heavy atom. The lowest BCUT2D eigenvalue weighted by Crippen LogP contribution is -2.52. The van der Waals surface area contributed by atoms with Gasteiger partial charge in [0.25, 0.3) is 0 Å². The number of piperazine rings is 1. The second kappa shape index (κ2) is 10.3. The van der Waals surface area contributed by atoms with E-state index in [0.717, 1.165) is 55.2 Å². The SMILES string of the molecule is Cc1ccc(N2CCN(CCCC3(c4ccccc4)OCCO3)CC2C)cc1Cl.Cl. The van der Waals surface area contributed by atoms with E-state index in [0.29, 0.717) is 19.3 Å². The smallest absolute Gasteiger partial charge is 0.195 e. The van der Waals surface area contributed by atoms with Crippen molar-refractivity contribution in [2.24, 2.45) is 0 Å². The monoisotopic (exact) mass is 450 g/mol. The maximum Gasteiger partial charge on any atom is 0.195 e. The molecular weight excluding hydrogens is 419 g/mol. The van der Waals surface area contributed by atoms with Crippen LogP contribution in [0.2, 0.25) is 5.02 Å². The Morgan fingerprint density at radius 3 is 2.47 bits per heavy atom. The third kappa shape index (κ3) is 5.12. The maximum absolute atomic E-state index is 6.34. The van der Waals surface area contributed by atoms with Crippen molar-refractivity contribution in [1.29, 1.82) is 0 Å². The molecule has 0 bridgehead atoms.